The molecule has 0 aliphatic heterocycles. The van der Waals surface area contributed by atoms with E-state index in [0.29, 0.717) is 13.0 Å². The van der Waals surface area contributed by atoms with Gasteiger partial charge in [-0.3, -0.25) is 4.79 Å². The van der Waals surface area contributed by atoms with E-state index in [0.717, 1.165) is 5.56 Å². The molecular formula is C10H15NO2S. The molecule has 2 N–H and O–H groups in total. The number of methoxy groups -OCH3 is 1. The van der Waals surface area contributed by atoms with Crippen LogP contribution in [0.4, 0.5) is 0 Å². The van der Waals surface area contributed by atoms with Crippen LogP contribution >= 0.6 is 11.3 Å². The highest BCUT2D eigenvalue weighted by molar-refractivity contribution is 7.07. The minimum absolute atomic E-state index is 0.244. The first-order valence-electron chi connectivity index (χ1n) is 4.42. The van der Waals surface area contributed by atoms with E-state index in [1.807, 2.05) is 23.8 Å². The number of rotatable bonds is 4. The number of carbonyl (C=O) groups is 1. The lowest BCUT2D eigenvalue weighted by Crippen LogP contribution is -2.38. The molecule has 0 saturated carbocycles. The number of hydrogen-bond donors (Lipinski definition) is 1. The van der Waals surface area contributed by atoms with E-state index in [2.05, 4.69) is 0 Å². The number of hydrogen-bond acceptors (Lipinski definition) is 4. The number of ether oxygens (including phenoxy) is 1. The topological polar surface area (TPSA) is 52.3 Å². The highest BCUT2D eigenvalue weighted by atomic mass is 32.1. The van der Waals surface area contributed by atoms with Crippen molar-refractivity contribution in [2.75, 3.05) is 13.7 Å². The lowest BCUT2D eigenvalue weighted by molar-refractivity contribution is -0.151. The number of carbonyl (C=O) groups excluding carboxylic acids is 1. The van der Waals surface area contributed by atoms with Crippen molar-refractivity contribution >= 4 is 17.3 Å². The normalized spacial score (nSPS) is 14.8. The first-order chi connectivity index (χ1) is 6.62. The summed E-state index contributed by atoms with van der Waals surface area (Å²) < 4.78 is 4.74. The molecule has 0 saturated heterocycles. The van der Waals surface area contributed by atoms with Crippen LogP contribution in [0.3, 0.4) is 0 Å². The van der Waals surface area contributed by atoms with E-state index in [9.17, 15) is 4.79 Å². The quantitative estimate of drug-likeness (QED) is 0.770. The molecule has 1 unspecified atom stereocenters. The monoisotopic (exact) mass is 213 g/mol. The molecule has 78 valence electrons. The van der Waals surface area contributed by atoms with Gasteiger partial charge in [-0.1, -0.05) is 0 Å². The fourth-order valence-corrected chi connectivity index (χ4v) is 1.99. The maximum atomic E-state index is 11.5. The summed E-state index contributed by atoms with van der Waals surface area (Å²) >= 11 is 1.62. The van der Waals surface area contributed by atoms with Crippen LogP contribution < -0.4 is 5.73 Å². The third-order valence-electron chi connectivity index (χ3n) is 2.30. The molecule has 0 radical (unpaired) electrons. The van der Waals surface area contributed by atoms with Gasteiger partial charge in [-0.25, -0.2) is 0 Å². The first kappa shape index (κ1) is 11.2. The predicted octanol–water partition coefficient (Wildman–Crippen LogP) is 1.43. The van der Waals surface area contributed by atoms with Gasteiger partial charge in [0.25, 0.3) is 0 Å². The Bertz CT molecular complexity index is 297. The van der Waals surface area contributed by atoms with Gasteiger partial charge in [0, 0.05) is 6.54 Å². The van der Waals surface area contributed by atoms with Crippen molar-refractivity contribution in [3.63, 3.8) is 0 Å². The van der Waals surface area contributed by atoms with Gasteiger partial charge in [0.2, 0.25) is 0 Å². The minimum Gasteiger partial charge on any atom is -0.469 e. The van der Waals surface area contributed by atoms with Crippen molar-refractivity contribution < 1.29 is 9.53 Å². The second-order valence-corrected chi connectivity index (χ2v) is 4.34. The molecule has 4 heteroatoms. The Morgan fingerprint density at radius 2 is 2.43 bits per heavy atom. The number of nitrogens with two attached hydrogens (primary N) is 1. The summed E-state index contributed by atoms with van der Waals surface area (Å²) in [6.07, 6.45) is 0.639. The summed E-state index contributed by atoms with van der Waals surface area (Å²) in [7, 11) is 1.39. The summed E-state index contributed by atoms with van der Waals surface area (Å²) in [5, 5.41) is 4.01. The van der Waals surface area contributed by atoms with Crippen LogP contribution in [-0.4, -0.2) is 19.6 Å². The molecular weight excluding hydrogens is 198 g/mol. The van der Waals surface area contributed by atoms with Crippen molar-refractivity contribution in [2.45, 2.75) is 13.3 Å². The van der Waals surface area contributed by atoms with Crippen LogP contribution in [0.1, 0.15) is 12.5 Å². The highest BCUT2D eigenvalue weighted by Crippen LogP contribution is 2.24. The van der Waals surface area contributed by atoms with Crippen LogP contribution in [0.2, 0.25) is 0 Å². The van der Waals surface area contributed by atoms with Gasteiger partial charge in [0.1, 0.15) is 0 Å². The average molecular weight is 213 g/mol. The molecule has 1 atom stereocenters. The molecule has 0 fully saturated rings. The van der Waals surface area contributed by atoms with E-state index in [1.165, 1.54) is 7.11 Å². The second-order valence-electron chi connectivity index (χ2n) is 3.56. The Hall–Kier alpha value is -0.870. The van der Waals surface area contributed by atoms with Crippen molar-refractivity contribution in [3.05, 3.63) is 22.4 Å². The van der Waals surface area contributed by atoms with Crippen LogP contribution in [0.25, 0.3) is 0 Å². The maximum absolute atomic E-state index is 11.5. The van der Waals surface area contributed by atoms with Crippen molar-refractivity contribution in [1.82, 2.24) is 0 Å². The van der Waals surface area contributed by atoms with Gasteiger partial charge in [-0.15, -0.1) is 0 Å². The fourth-order valence-electron chi connectivity index (χ4n) is 1.32. The third-order valence-corrected chi connectivity index (χ3v) is 3.04. The fraction of sp³-hybridized carbons (Fsp3) is 0.500. The molecule has 14 heavy (non-hydrogen) atoms. The zero-order chi connectivity index (χ0) is 10.6. The number of esters is 1. The van der Waals surface area contributed by atoms with E-state index >= 15 is 0 Å². The van der Waals surface area contributed by atoms with Gasteiger partial charge < -0.3 is 10.5 Å². The van der Waals surface area contributed by atoms with Gasteiger partial charge in [0.15, 0.2) is 0 Å². The highest BCUT2D eigenvalue weighted by Gasteiger charge is 2.33. The summed E-state index contributed by atoms with van der Waals surface area (Å²) in [6, 6.07) is 2.00. The molecule has 0 amide bonds. The molecule has 1 aromatic heterocycles. The molecule has 0 aliphatic rings. The zero-order valence-electron chi connectivity index (χ0n) is 8.45. The molecule has 1 heterocycles. The first-order valence-corrected chi connectivity index (χ1v) is 5.36. The summed E-state index contributed by atoms with van der Waals surface area (Å²) in [6.45, 7) is 2.13. The summed E-state index contributed by atoms with van der Waals surface area (Å²) in [4.78, 5) is 11.5. The van der Waals surface area contributed by atoms with E-state index in [1.54, 1.807) is 11.3 Å². The number of thiophene rings is 1. The van der Waals surface area contributed by atoms with Gasteiger partial charge in [0.05, 0.1) is 12.5 Å². The molecule has 1 rings (SSSR count). The lowest BCUT2D eigenvalue weighted by atomic mass is 9.84. The van der Waals surface area contributed by atoms with Crippen LogP contribution in [0, 0.1) is 5.41 Å². The van der Waals surface area contributed by atoms with Crippen LogP contribution in [0.5, 0.6) is 0 Å². The summed E-state index contributed by atoms with van der Waals surface area (Å²) in [5.41, 5.74) is 6.13. The minimum atomic E-state index is -0.601. The molecule has 0 bridgehead atoms. The van der Waals surface area contributed by atoms with Crippen LogP contribution in [-0.2, 0) is 16.0 Å². The second kappa shape index (κ2) is 4.57. The van der Waals surface area contributed by atoms with Crippen molar-refractivity contribution in [3.8, 4) is 0 Å². The molecule has 1 aromatic rings. The largest absolute Gasteiger partial charge is 0.469 e. The van der Waals surface area contributed by atoms with Crippen molar-refractivity contribution in [2.24, 2.45) is 11.1 Å². The smallest absolute Gasteiger partial charge is 0.313 e. The molecule has 3 nitrogen and oxygen atoms in total. The van der Waals surface area contributed by atoms with E-state index < -0.39 is 5.41 Å². The van der Waals surface area contributed by atoms with E-state index in [-0.39, 0.29) is 5.97 Å². The molecule has 0 aromatic carbocycles. The Labute approximate surface area is 87.9 Å². The van der Waals surface area contributed by atoms with Crippen molar-refractivity contribution in [1.29, 1.82) is 0 Å². The Kier molecular flexibility index (Phi) is 3.66. The van der Waals surface area contributed by atoms with E-state index in [4.69, 9.17) is 10.5 Å². The van der Waals surface area contributed by atoms with Gasteiger partial charge in [-0.05, 0) is 35.7 Å². The molecule has 0 aliphatic carbocycles. The lowest BCUT2D eigenvalue weighted by Gasteiger charge is -2.24. The Morgan fingerprint density at radius 1 is 1.71 bits per heavy atom. The SMILES string of the molecule is COC(=O)C(C)(CN)Cc1ccsc1. The standard InChI is InChI=1S/C10H15NO2S/c1-10(7-11,9(12)13-2)5-8-3-4-14-6-8/h3-4,6H,5,7,11H2,1-2H3. The Morgan fingerprint density at radius 3 is 2.86 bits per heavy atom. The predicted molar refractivity (Wildman–Crippen MR) is 57.2 cm³/mol. The third kappa shape index (κ3) is 2.33. The maximum Gasteiger partial charge on any atom is 0.313 e. The molecule has 0 spiro atoms. The summed E-state index contributed by atoms with van der Waals surface area (Å²) in [5.74, 6) is -0.244. The van der Waals surface area contributed by atoms with Gasteiger partial charge >= 0.3 is 5.97 Å². The van der Waals surface area contributed by atoms with Gasteiger partial charge in [-0.2, -0.15) is 11.3 Å². The Balaban J connectivity index is 2.76. The zero-order valence-corrected chi connectivity index (χ0v) is 9.26. The van der Waals surface area contributed by atoms with Crippen LogP contribution in [0.15, 0.2) is 16.8 Å². The average Bonchev–Trinajstić information content (AvgIpc) is 2.68.